The fourth-order valence-corrected chi connectivity index (χ4v) is 0.691. The van der Waals surface area contributed by atoms with E-state index < -0.39 is 18.7 Å². The molecule has 0 aromatic heterocycles. The molecular weight excluding hydrogens is 188 g/mol. The second-order valence-electron chi connectivity index (χ2n) is 2.78. The van der Waals surface area contributed by atoms with Crippen LogP contribution in [-0.4, -0.2) is 24.5 Å². The molecule has 0 rings (SSSR count). The molecule has 0 fully saturated rings. The summed E-state index contributed by atoms with van der Waals surface area (Å²) in [4.78, 5) is 32.0. The van der Waals surface area contributed by atoms with Gasteiger partial charge in [0.25, 0.3) is 0 Å². The van der Waals surface area contributed by atoms with Crippen LogP contribution in [0.2, 0.25) is 0 Å². The highest BCUT2D eigenvalue weighted by Crippen LogP contribution is 1.93. The number of carbonyl (C=O) groups excluding carboxylic acids is 3. The fraction of sp³-hybridized carbons (Fsp3) is 0.667. The summed E-state index contributed by atoms with van der Waals surface area (Å²) in [6.45, 7) is 2.71. The van der Waals surface area contributed by atoms with Gasteiger partial charge in [-0.05, 0) is 13.3 Å². The van der Waals surface area contributed by atoms with Gasteiger partial charge in [-0.2, -0.15) is 0 Å². The number of Topliss-reactive ketones (excluding diaryl/α,β-unsaturated/α-hetero) is 1. The number of rotatable bonds is 6. The highest BCUT2D eigenvalue weighted by atomic mass is 16.7. The molecule has 0 spiro atoms. The fourth-order valence-electron chi connectivity index (χ4n) is 0.691. The van der Waals surface area contributed by atoms with E-state index in [9.17, 15) is 14.4 Å². The van der Waals surface area contributed by atoms with Gasteiger partial charge >= 0.3 is 11.9 Å². The Bertz CT molecular complexity index is 221. The Labute approximate surface area is 82.4 Å². The molecule has 0 aliphatic rings. The van der Waals surface area contributed by atoms with E-state index in [1.54, 1.807) is 0 Å². The van der Waals surface area contributed by atoms with Crippen LogP contribution in [0.3, 0.4) is 0 Å². The Hall–Kier alpha value is -1.39. The Morgan fingerprint density at radius 1 is 1.07 bits per heavy atom. The second-order valence-corrected chi connectivity index (χ2v) is 2.78. The molecule has 0 aromatic carbocycles. The number of ketones is 1. The first-order chi connectivity index (χ1) is 6.56. The largest absolute Gasteiger partial charge is 0.428 e. The zero-order chi connectivity index (χ0) is 11.0. The topological polar surface area (TPSA) is 69.7 Å². The Kier molecular flexibility index (Phi) is 6.36. The third kappa shape index (κ3) is 7.27. The van der Waals surface area contributed by atoms with Crippen LogP contribution >= 0.6 is 0 Å². The molecule has 0 radical (unpaired) electrons. The number of esters is 2. The lowest BCUT2D eigenvalue weighted by Crippen LogP contribution is -2.14. The highest BCUT2D eigenvalue weighted by molar-refractivity contribution is 5.94. The van der Waals surface area contributed by atoms with E-state index >= 15 is 0 Å². The number of hydrogen-bond donors (Lipinski definition) is 0. The molecule has 0 unspecified atom stereocenters. The zero-order valence-corrected chi connectivity index (χ0v) is 8.37. The van der Waals surface area contributed by atoms with Gasteiger partial charge in [-0.3, -0.25) is 14.4 Å². The average Bonchev–Trinajstić information content (AvgIpc) is 2.02. The molecule has 0 saturated carbocycles. The summed E-state index contributed by atoms with van der Waals surface area (Å²) in [7, 11) is 0. The molecule has 0 heterocycles. The monoisotopic (exact) mass is 202 g/mol. The molecule has 14 heavy (non-hydrogen) atoms. The normalized spacial score (nSPS) is 9.29. The first-order valence-electron chi connectivity index (χ1n) is 4.37. The molecule has 0 aromatic rings. The Morgan fingerprint density at radius 3 is 2.14 bits per heavy atom. The predicted octanol–water partition coefficient (Wildman–Crippen LogP) is 0.809. The molecule has 0 N–H and O–H groups in total. The summed E-state index contributed by atoms with van der Waals surface area (Å²) in [5.41, 5.74) is 0. The van der Waals surface area contributed by atoms with Crippen molar-refractivity contribution in [3.63, 3.8) is 0 Å². The summed E-state index contributed by atoms with van der Waals surface area (Å²) in [5.74, 6) is -1.38. The van der Waals surface area contributed by atoms with Gasteiger partial charge in [0.2, 0.25) is 6.79 Å². The van der Waals surface area contributed by atoms with Gasteiger partial charge in [-0.25, -0.2) is 0 Å². The van der Waals surface area contributed by atoms with E-state index in [1.165, 1.54) is 6.92 Å². The van der Waals surface area contributed by atoms with E-state index in [0.717, 1.165) is 0 Å². The van der Waals surface area contributed by atoms with Crippen molar-refractivity contribution in [2.45, 2.75) is 33.1 Å². The van der Waals surface area contributed by atoms with Gasteiger partial charge in [0.15, 0.2) is 0 Å². The minimum atomic E-state index is -0.679. The Morgan fingerprint density at radius 2 is 1.64 bits per heavy atom. The van der Waals surface area contributed by atoms with Crippen molar-refractivity contribution in [1.82, 2.24) is 0 Å². The minimum absolute atomic E-state index is 0.283. The van der Waals surface area contributed by atoms with Crippen LogP contribution in [0.5, 0.6) is 0 Å². The van der Waals surface area contributed by atoms with Crippen molar-refractivity contribution in [2.75, 3.05) is 6.79 Å². The van der Waals surface area contributed by atoms with Gasteiger partial charge in [0.05, 0.1) is 0 Å². The van der Waals surface area contributed by atoms with E-state index in [4.69, 9.17) is 0 Å². The van der Waals surface area contributed by atoms with E-state index in [-0.39, 0.29) is 12.2 Å². The molecule has 0 aliphatic carbocycles. The van der Waals surface area contributed by atoms with E-state index in [2.05, 4.69) is 9.47 Å². The average molecular weight is 202 g/mol. The van der Waals surface area contributed by atoms with Gasteiger partial charge < -0.3 is 9.47 Å². The van der Waals surface area contributed by atoms with Crippen LogP contribution in [-0.2, 0) is 23.9 Å². The summed E-state index contributed by atoms with van der Waals surface area (Å²) < 4.78 is 9.01. The lowest BCUT2D eigenvalue weighted by atomic mass is 10.3. The van der Waals surface area contributed by atoms with Crippen LogP contribution in [0.15, 0.2) is 0 Å². The summed E-state index contributed by atoms with van der Waals surface area (Å²) in [6.07, 6.45) is 0.690. The predicted molar refractivity (Wildman–Crippen MR) is 47.3 cm³/mol. The molecule has 0 amide bonds. The van der Waals surface area contributed by atoms with Crippen molar-refractivity contribution >= 4 is 17.7 Å². The maximum atomic E-state index is 10.8. The smallest absolute Gasteiger partial charge is 0.316 e. The van der Waals surface area contributed by atoms with Gasteiger partial charge in [0.1, 0.15) is 12.2 Å². The maximum absolute atomic E-state index is 10.8. The van der Waals surface area contributed by atoms with E-state index in [0.29, 0.717) is 12.8 Å². The molecule has 5 nitrogen and oxygen atoms in total. The zero-order valence-electron chi connectivity index (χ0n) is 8.37. The molecule has 0 saturated heterocycles. The number of hydrogen-bond acceptors (Lipinski definition) is 5. The maximum Gasteiger partial charge on any atom is 0.316 e. The lowest BCUT2D eigenvalue weighted by molar-refractivity contribution is -0.167. The SMILES string of the molecule is CCCC(=O)OCOC(=O)CC(C)=O. The summed E-state index contributed by atoms with van der Waals surface area (Å²) in [6, 6.07) is 0. The van der Waals surface area contributed by atoms with Crippen molar-refractivity contribution < 1.29 is 23.9 Å². The van der Waals surface area contributed by atoms with Gasteiger partial charge in [-0.15, -0.1) is 0 Å². The van der Waals surface area contributed by atoms with Crippen LogP contribution in [0.25, 0.3) is 0 Å². The van der Waals surface area contributed by atoms with Crippen LogP contribution in [0, 0.1) is 0 Å². The number of carbonyl (C=O) groups is 3. The van der Waals surface area contributed by atoms with Gasteiger partial charge in [-0.1, -0.05) is 6.92 Å². The van der Waals surface area contributed by atoms with Crippen molar-refractivity contribution in [3.8, 4) is 0 Å². The third-order valence-corrected chi connectivity index (χ3v) is 1.29. The quantitative estimate of drug-likeness (QED) is 0.362. The van der Waals surface area contributed by atoms with E-state index in [1.807, 2.05) is 6.92 Å². The molecule has 0 bridgehead atoms. The van der Waals surface area contributed by atoms with Crippen molar-refractivity contribution in [1.29, 1.82) is 0 Å². The summed E-state index contributed by atoms with van der Waals surface area (Å²) >= 11 is 0. The van der Waals surface area contributed by atoms with Crippen LogP contribution in [0.1, 0.15) is 33.1 Å². The molecule has 5 heteroatoms. The van der Waals surface area contributed by atoms with Gasteiger partial charge in [0, 0.05) is 6.42 Å². The highest BCUT2D eigenvalue weighted by Gasteiger charge is 2.07. The van der Waals surface area contributed by atoms with Crippen LogP contribution in [0.4, 0.5) is 0 Å². The third-order valence-electron chi connectivity index (χ3n) is 1.29. The van der Waals surface area contributed by atoms with Crippen molar-refractivity contribution in [3.05, 3.63) is 0 Å². The molecule has 80 valence electrons. The Balaban J connectivity index is 3.49. The molecule has 0 atom stereocenters. The minimum Gasteiger partial charge on any atom is -0.428 e. The van der Waals surface area contributed by atoms with Crippen molar-refractivity contribution in [2.24, 2.45) is 0 Å². The first-order valence-corrected chi connectivity index (χ1v) is 4.37. The molecule has 0 aliphatic heterocycles. The lowest BCUT2D eigenvalue weighted by Gasteiger charge is -2.04. The first kappa shape index (κ1) is 12.6. The molecular formula is C9H14O5. The van der Waals surface area contributed by atoms with Crippen LogP contribution < -0.4 is 0 Å². The summed E-state index contributed by atoms with van der Waals surface area (Å²) in [5, 5.41) is 0. The standard InChI is InChI=1S/C9H14O5/c1-3-4-8(11)13-6-14-9(12)5-7(2)10/h3-6H2,1-2H3. The number of ether oxygens (including phenoxy) is 2. The second kappa shape index (κ2) is 7.06.